The third kappa shape index (κ3) is 3.86. The minimum absolute atomic E-state index is 0.206. The summed E-state index contributed by atoms with van der Waals surface area (Å²) in [6.45, 7) is 0.547. The first-order valence-electron chi connectivity index (χ1n) is 10.3. The van der Waals surface area contributed by atoms with Crippen LogP contribution in [0.5, 0.6) is 5.75 Å². The molecule has 0 bridgehead atoms. The Morgan fingerprint density at radius 3 is 2.47 bits per heavy atom. The first kappa shape index (κ1) is 19.6. The van der Waals surface area contributed by atoms with Gasteiger partial charge in [-0.15, -0.1) is 0 Å². The average molecular weight is 422 g/mol. The maximum atomic E-state index is 12.4. The van der Waals surface area contributed by atoms with Crippen LogP contribution in [-0.2, 0) is 6.54 Å². The normalized spacial score (nSPS) is 10.9. The summed E-state index contributed by atoms with van der Waals surface area (Å²) in [7, 11) is 1.48. The Hall–Kier alpha value is -4.32. The molecule has 0 aliphatic carbocycles. The number of benzene rings is 3. The number of aromatic nitrogens is 3. The molecule has 0 spiro atoms. The molecule has 0 saturated carbocycles. The lowest BCUT2D eigenvalue weighted by atomic mass is 10.1. The van der Waals surface area contributed by atoms with E-state index in [-0.39, 0.29) is 5.75 Å². The molecule has 0 aliphatic heterocycles. The van der Waals surface area contributed by atoms with Crippen molar-refractivity contribution in [3.8, 4) is 17.0 Å². The minimum atomic E-state index is -0.412. The molecule has 0 unspecified atom stereocenters. The standard InChI is InChI=1S/C26H22N4O2/c1-32-24-17-30(16-18-9-4-2-5-10-18)26(29-25(24)31)28-22-14-8-13-21-20(22)15-23(27-21)19-11-6-3-7-12-19/h2-15,17,27H,16H2,1H3,(H,28,29,31). The van der Waals surface area contributed by atoms with E-state index < -0.39 is 5.56 Å². The van der Waals surface area contributed by atoms with E-state index in [1.165, 1.54) is 7.11 Å². The summed E-state index contributed by atoms with van der Waals surface area (Å²) in [5, 5.41) is 4.39. The van der Waals surface area contributed by atoms with Crippen LogP contribution in [0.25, 0.3) is 22.2 Å². The zero-order valence-electron chi connectivity index (χ0n) is 17.6. The van der Waals surface area contributed by atoms with Crippen molar-refractivity contribution in [1.82, 2.24) is 14.5 Å². The van der Waals surface area contributed by atoms with Gasteiger partial charge in [0.25, 0.3) is 0 Å². The molecule has 6 nitrogen and oxygen atoms in total. The van der Waals surface area contributed by atoms with Gasteiger partial charge in [0.05, 0.1) is 25.5 Å². The minimum Gasteiger partial charge on any atom is -0.490 e. The number of aromatic amines is 1. The molecule has 32 heavy (non-hydrogen) atoms. The van der Waals surface area contributed by atoms with Gasteiger partial charge in [-0.05, 0) is 29.3 Å². The second kappa shape index (κ2) is 8.43. The zero-order chi connectivity index (χ0) is 21.9. The summed E-state index contributed by atoms with van der Waals surface area (Å²) in [6.07, 6.45) is 1.69. The molecule has 6 heteroatoms. The predicted octanol–water partition coefficient (Wildman–Crippen LogP) is 5.19. The van der Waals surface area contributed by atoms with Crippen LogP contribution in [0.3, 0.4) is 0 Å². The summed E-state index contributed by atoms with van der Waals surface area (Å²) < 4.78 is 7.11. The van der Waals surface area contributed by atoms with Gasteiger partial charge in [0.1, 0.15) is 0 Å². The van der Waals surface area contributed by atoms with E-state index in [9.17, 15) is 4.79 Å². The van der Waals surface area contributed by atoms with Crippen molar-refractivity contribution < 1.29 is 4.74 Å². The van der Waals surface area contributed by atoms with Crippen molar-refractivity contribution in [3.63, 3.8) is 0 Å². The van der Waals surface area contributed by atoms with Gasteiger partial charge >= 0.3 is 5.56 Å². The number of anilines is 2. The first-order chi connectivity index (χ1) is 15.7. The van der Waals surface area contributed by atoms with Gasteiger partial charge < -0.3 is 19.6 Å². The van der Waals surface area contributed by atoms with E-state index in [0.29, 0.717) is 12.5 Å². The van der Waals surface area contributed by atoms with E-state index >= 15 is 0 Å². The Labute approximate surface area is 185 Å². The molecule has 158 valence electrons. The third-order valence-corrected chi connectivity index (χ3v) is 5.37. The number of H-pyrrole nitrogens is 1. The van der Waals surface area contributed by atoms with Gasteiger partial charge in [-0.2, -0.15) is 4.98 Å². The number of fused-ring (bicyclic) bond motifs is 1. The highest BCUT2D eigenvalue weighted by Gasteiger charge is 2.13. The van der Waals surface area contributed by atoms with Crippen LogP contribution in [0.2, 0.25) is 0 Å². The molecule has 0 radical (unpaired) electrons. The highest BCUT2D eigenvalue weighted by molar-refractivity contribution is 5.96. The van der Waals surface area contributed by atoms with Gasteiger partial charge in [-0.3, -0.25) is 4.79 Å². The molecule has 0 atom stereocenters. The molecule has 2 heterocycles. The van der Waals surface area contributed by atoms with E-state index in [4.69, 9.17) is 4.74 Å². The van der Waals surface area contributed by atoms with Crippen molar-refractivity contribution >= 4 is 22.5 Å². The summed E-state index contributed by atoms with van der Waals surface area (Å²) in [5.74, 6) is 0.660. The lowest BCUT2D eigenvalue weighted by Gasteiger charge is -2.15. The van der Waals surface area contributed by atoms with Crippen molar-refractivity contribution in [2.75, 3.05) is 12.4 Å². The Bertz CT molecular complexity index is 1420. The largest absolute Gasteiger partial charge is 0.490 e. The number of nitrogens with zero attached hydrogens (tertiary/aromatic N) is 2. The van der Waals surface area contributed by atoms with Crippen LogP contribution in [0.4, 0.5) is 11.6 Å². The predicted molar refractivity (Wildman–Crippen MR) is 128 cm³/mol. The fourth-order valence-electron chi connectivity index (χ4n) is 3.77. The lowest BCUT2D eigenvalue weighted by Crippen LogP contribution is -2.18. The van der Waals surface area contributed by atoms with E-state index in [1.807, 2.05) is 71.3 Å². The Kier molecular flexibility index (Phi) is 5.17. The van der Waals surface area contributed by atoms with E-state index in [1.54, 1.807) is 6.20 Å². The second-order valence-electron chi connectivity index (χ2n) is 7.49. The molecule has 0 amide bonds. The van der Waals surface area contributed by atoms with Crippen LogP contribution < -0.4 is 15.6 Å². The Morgan fingerprint density at radius 1 is 0.969 bits per heavy atom. The number of methoxy groups -OCH3 is 1. The molecular weight excluding hydrogens is 400 g/mol. The van der Waals surface area contributed by atoms with Gasteiger partial charge in [0.2, 0.25) is 11.7 Å². The number of ether oxygens (including phenoxy) is 1. The van der Waals surface area contributed by atoms with Gasteiger partial charge in [0, 0.05) is 16.6 Å². The van der Waals surface area contributed by atoms with Gasteiger partial charge in [-0.1, -0.05) is 66.7 Å². The van der Waals surface area contributed by atoms with E-state index in [0.717, 1.165) is 33.4 Å². The molecule has 3 aromatic carbocycles. The van der Waals surface area contributed by atoms with Crippen LogP contribution in [0.1, 0.15) is 5.56 Å². The number of rotatable bonds is 6. The summed E-state index contributed by atoms with van der Waals surface area (Å²) >= 11 is 0. The Balaban J connectivity index is 1.56. The fraction of sp³-hybridized carbons (Fsp3) is 0.0769. The number of nitrogens with one attached hydrogen (secondary N) is 2. The SMILES string of the molecule is COc1cn(Cc2ccccc2)c(Nc2cccc3[nH]c(-c4ccccc4)cc23)nc1=O. The number of hydrogen-bond acceptors (Lipinski definition) is 4. The molecule has 2 aromatic heterocycles. The fourth-order valence-corrected chi connectivity index (χ4v) is 3.77. The van der Waals surface area contributed by atoms with Gasteiger partial charge in [0.15, 0.2) is 0 Å². The second-order valence-corrected chi connectivity index (χ2v) is 7.49. The van der Waals surface area contributed by atoms with Gasteiger partial charge in [-0.25, -0.2) is 0 Å². The van der Waals surface area contributed by atoms with Crippen molar-refractivity contribution in [3.05, 3.63) is 107 Å². The summed E-state index contributed by atoms with van der Waals surface area (Å²) in [5.41, 5.74) is 4.68. The smallest absolute Gasteiger partial charge is 0.316 e. The van der Waals surface area contributed by atoms with E-state index in [2.05, 4.69) is 33.5 Å². The molecule has 5 aromatic rings. The van der Waals surface area contributed by atoms with Crippen LogP contribution in [0, 0.1) is 0 Å². The zero-order valence-corrected chi connectivity index (χ0v) is 17.6. The average Bonchev–Trinajstić information content (AvgIpc) is 3.27. The molecule has 0 saturated heterocycles. The molecule has 0 fully saturated rings. The molecule has 5 rings (SSSR count). The van der Waals surface area contributed by atoms with Crippen molar-refractivity contribution in [2.45, 2.75) is 6.54 Å². The molecule has 0 aliphatic rings. The first-order valence-corrected chi connectivity index (χ1v) is 10.3. The highest BCUT2D eigenvalue weighted by atomic mass is 16.5. The number of hydrogen-bond donors (Lipinski definition) is 2. The van der Waals surface area contributed by atoms with Crippen molar-refractivity contribution in [1.29, 1.82) is 0 Å². The van der Waals surface area contributed by atoms with Crippen LogP contribution >= 0.6 is 0 Å². The molecule has 2 N–H and O–H groups in total. The summed E-state index contributed by atoms with van der Waals surface area (Å²) in [4.78, 5) is 20.2. The third-order valence-electron chi connectivity index (χ3n) is 5.37. The monoisotopic (exact) mass is 422 g/mol. The topological polar surface area (TPSA) is 71.9 Å². The lowest BCUT2D eigenvalue weighted by molar-refractivity contribution is 0.402. The Morgan fingerprint density at radius 2 is 1.72 bits per heavy atom. The maximum Gasteiger partial charge on any atom is 0.316 e. The maximum absolute atomic E-state index is 12.4. The highest BCUT2D eigenvalue weighted by Crippen LogP contribution is 2.30. The summed E-state index contributed by atoms with van der Waals surface area (Å²) in [6, 6.07) is 28.3. The van der Waals surface area contributed by atoms with Crippen molar-refractivity contribution in [2.24, 2.45) is 0 Å². The van der Waals surface area contributed by atoms with Crippen LogP contribution in [-0.4, -0.2) is 21.6 Å². The van der Waals surface area contributed by atoms with Crippen LogP contribution in [0.15, 0.2) is 95.9 Å². The molecular formula is C26H22N4O2. The quantitative estimate of drug-likeness (QED) is 0.395.